The van der Waals surface area contributed by atoms with Gasteiger partial charge in [0, 0.05) is 25.0 Å². The number of nitrogens with one attached hydrogen (secondary N) is 1. The normalized spacial score (nSPS) is 17.9. The Morgan fingerprint density at radius 3 is 3.29 bits per heavy atom. The lowest BCUT2D eigenvalue weighted by Crippen LogP contribution is -2.29. The minimum Gasteiger partial charge on any atom is -0.382 e. The molecule has 0 saturated carbocycles. The number of hydrogen-bond acceptors (Lipinski definition) is 7. The lowest BCUT2D eigenvalue weighted by Gasteiger charge is -2.20. The van der Waals surface area contributed by atoms with Gasteiger partial charge in [-0.25, -0.2) is 0 Å². The number of fused-ring (bicyclic) bond motifs is 1. The summed E-state index contributed by atoms with van der Waals surface area (Å²) < 4.78 is 15.7. The van der Waals surface area contributed by atoms with Crippen LogP contribution in [0.4, 0.5) is 0 Å². The van der Waals surface area contributed by atoms with Gasteiger partial charge in [0.25, 0.3) is 0 Å². The molecule has 21 heavy (non-hydrogen) atoms. The van der Waals surface area contributed by atoms with E-state index in [0.29, 0.717) is 38.0 Å². The summed E-state index contributed by atoms with van der Waals surface area (Å²) in [6.07, 6.45) is 1.72. The molecule has 1 aliphatic rings. The fourth-order valence-electron chi connectivity index (χ4n) is 2.37. The van der Waals surface area contributed by atoms with Crippen molar-refractivity contribution < 1.29 is 14.0 Å². The molecule has 0 aromatic carbocycles. The van der Waals surface area contributed by atoms with Crippen LogP contribution in [-0.2, 0) is 22.3 Å². The van der Waals surface area contributed by atoms with Crippen LogP contribution in [0.2, 0.25) is 0 Å². The minimum absolute atomic E-state index is 0.0238. The molecule has 114 valence electrons. The molecule has 1 atom stereocenters. The van der Waals surface area contributed by atoms with Gasteiger partial charge >= 0.3 is 0 Å². The molecule has 0 spiro atoms. The van der Waals surface area contributed by atoms with Crippen LogP contribution in [0.3, 0.4) is 0 Å². The summed E-state index contributed by atoms with van der Waals surface area (Å²) in [5.41, 5.74) is 1.26. The molecule has 1 N–H and O–H groups in total. The van der Waals surface area contributed by atoms with Gasteiger partial charge < -0.3 is 19.3 Å². The number of thiophene rings is 1. The summed E-state index contributed by atoms with van der Waals surface area (Å²) in [6.45, 7) is 2.70. The molecule has 2 aromatic rings. The maximum Gasteiger partial charge on any atom is 0.248 e. The van der Waals surface area contributed by atoms with Crippen molar-refractivity contribution in [3.63, 3.8) is 0 Å². The summed E-state index contributed by atoms with van der Waals surface area (Å²) in [5, 5.41) is 9.59. The van der Waals surface area contributed by atoms with Gasteiger partial charge in [-0.05, 0) is 23.4 Å². The molecule has 0 radical (unpaired) electrons. The molecule has 0 amide bonds. The first kappa shape index (κ1) is 14.6. The Balaban J connectivity index is 1.58. The first-order chi connectivity index (χ1) is 10.4. The molecule has 7 heteroatoms. The van der Waals surface area contributed by atoms with Crippen LogP contribution in [0, 0.1) is 0 Å². The van der Waals surface area contributed by atoms with Gasteiger partial charge in [-0.15, -0.1) is 11.3 Å². The topological polar surface area (TPSA) is 69.4 Å². The number of methoxy groups -OCH3 is 1. The Morgan fingerprint density at radius 1 is 1.43 bits per heavy atom. The molecular weight excluding hydrogens is 290 g/mol. The van der Waals surface area contributed by atoms with Crippen LogP contribution in [-0.4, -0.2) is 43.6 Å². The van der Waals surface area contributed by atoms with E-state index in [0.717, 1.165) is 13.0 Å². The summed E-state index contributed by atoms with van der Waals surface area (Å²) in [7, 11) is 1.66. The predicted molar refractivity (Wildman–Crippen MR) is 78.6 cm³/mol. The highest BCUT2D eigenvalue weighted by Crippen LogP contribution is 2.31. The third kappa shape index (κ3) is 3.49. The second-order valence-electron chi connectivity index (χ2n) is 4.84. The third-order valence-corrected chi connectivity index (χ3v) is 4.42. The van der Waals surface area contributed by atoms with Crippen molar-refractivity contribution in [1.29, 1.82) is 0 Å². The molecular formula is C14H19N3O3S. The first-order valence-corrected chi connectivity index (χ1v) is 7.95. The highest BCUT2D eigenvalue weighted by Gasteiger charge is 2.26. The Bertz CT molecular complexity index is 569. The maximum absolute atomic E-state index is 5.42. The van der Waals surface area contributed by atoms with Crippen LogP contribution >= 0.6 is 11.3 Å². The van der Waals surface area contributed by atoms with Crippen LogP contribution in [0.25, 0.3) is 0 Å². The standard InChI is InChI=1S/C14H19N3O3S/c1-18-7-8-19-6-3-12-16-14(20-17-12)13-10-4-9-21-11(10)2-5-15-13/h4,9,13,15H,2-3,5-8H2,1H3. The van der Waals surface area contributed by atoms with Crippen LogP contribution in [0.15, 0.2) is 16.0 Å². The second kappa shape index (κ2) is 7.13. The third-order valence-electron chi connectivity index (χ3n) is 3.42. The highest BCUT2D eigenvalue weighted by molar-refractivity contribution is 7.10. The zero-order valence-corrected chi connectivity index (χ0v) is 12.8. The highest BCUT2D eigenvalue weighted by atomic mass is 32.1. The smallest absolute Gasteiger partial charge is 0.248 e. The van der Waals surface area contributed by atoms with Crippen molar-refractivity contribution in [3.05, 3.63) is 33.6 Å². The van der Waals surface area contributed by atoms with E-state index in [4.69, 9.17) is 14.0 Å². The summed E-state index contributed by atoms with van der Waals surface area (Å²) in [5.74, 6) is 1.33. The Morgan fingerprint density at radius 2 is 2.38 bits per heavy atom. The van der Waals surface area contributed by atoms with Crippen molar-refractivity contribution in [2.24, 2.45) is 0 Å². The molecule has 1 aliphatic heterocycles. The Labute approximate surface area is 127 Å². The molecule has 6 nitrogen and oxygen atoms in total. The molecule has 2 aromatic heterocycles. The van der Waals surface area contributed by atoms with Crippen molar-refractivity contribution in [1.82, 2.24) is 15.5 Å². The van der Waals surface area contributed by atoms with E-state index < -0.39 is 0 Å². The van der Waals surface area contributed by atoms with Gasteiger partial charge in [-0.1, -0.05) is 5.16 Å². The lowest BCUT2D eigenvalue weighted by atomic mass is 10.0. The number of hydrogen-bond donors (Lipinski definition) is 1. The number of ether oxygens (including phenoxy) is 2. The average molecular weight is 309 g/mol. The van der Waals surface area contributed by atoms with Crippen LogP contribution in [0.5, 0.6) is 0 Å². The van der Waals surface area contributed by atoms with Gasteiger partial charge in [0.05, 0.1) is 19.8 Å². The predicted octanol–water partition coefficient (Wildman–Crippen LogP) is 1.57. The summed E-state index contributed by atoms with van der Waals surface area (Å²) in [6, 6.07) is 2.16. The zero-order chi connectivity index (χ0) is 14.5. The second-order valence-corrected chi connectivity index (χ2v) is 5.84. The molecule has 3 heterocycles. The fraction of sp³-hybridized carbons (Fsp3) is 0.571. The Kier molecular flexibility index (Phi) is 4.97. The molecule has 1 unspecified atom stereocenters. The maximum atomic E-state index is 5.42. The largest absolute Gasteiger partial charge is 0.382 e. The fourth-order valence-corrected chi connectivity index (χ4v) is 3.29. The number of nitrogens with zero attached hydrogens (tertiary/aromatic N) is 2. The van der Waals surface area contributed by atoms with Gasteiger partial charge in [0.2, 0.25) is 5.89 Å². The van der Waals surface area contributed by atoms with Crippen molar-refractivity contribution in [2.45, 2.75) is 18.9 Å². The molecule has 0 aliphatic carbocycles. The van der Waals surface area contributed by atoms with E-state index in [1.54, 1.807) is 18.4 Å². The van der Waals surface area contributed by atoms with Crippen molar-refractivity contribution in [2.75, 3.05) is 33.5 Å². The average Bonchev–Trinajstić information content (AvgIpc) is 3.15. The SMILES string of the molecule is COCCOCCc1noc(C2NCCc3sccc32)n1. The van der Waals surface area contributed by atoms with Gasteiger partial charge in [-0.2, -0.15) is 4.98 Å². The molecule has 3 rings (SSSR count). The van der Waals surface area contributed by atoms with E-state index >= 15 is 0 Å². The monoisotopic (exact) mass is 309 g/mol. The van der Waals surface area contributed by atoms with Crippen molar-refractivity contribution >= 4 is 11.3 Å². The number of rotatable bonds is 7. The van der Waals surface area contributed by atoms with E-state index in [1.165, 1.54) is 10.4 Å². The van der Waals surface area contributed by atoms with Crippen molar-refractivity contribution in [3.8, 4) is 0 Å². The van der Waals surface area contributed by atoms with Gasteiger partial charge in [0.15, 0.2) is 5.82 Å². The summed E-state index contributed by atoms with van der Waals surface area (Å²) >= 11 is 1.79. The molecule has 0 saturated heterocycles. The van der Waals surface area contributed by atoms with E-state index in [9.17, 15) is 0 Å². The van der Waals surface area contributed by atoms with Crippen LogP contribution in [0.1, 0.15) is 28.2 Å². The zero-order valence-electron chi connectivity index (χ0n) is 12.0. The quantitative estimate of drug-likeness (QED) is 0.783. The number of aromatic nitrogens is 2. The van der Waals surface area contributed by atoms with Crippen LogP contribution < -0.4 is 5.32 Å². The summed E-state index contributed by atoms with van der Waals surface area (Å²) in [4.78, 5) is 5.89. The van der Waals surface area contributed by atoms with E-state index in [-0.39, 0.29) is 6.04 Å². The van der Waals surface area contributed by atoms with E-state index in [1.807, 2.05) is 0 Å². The molecule has 0 bridgehead atoms. The first-order valence-electron chi connectivity index (χ1n) is 7.07. The van der Waals surface area contributed by atoms with Gasteiger partial charge in [-0.3, -0.25) is 0 Å². The van der Waals surface area contributed by atoms with E-state index in [2.05, 4.69) is 26.9 Å². The van der Waals surface area contributed by atoms with Gasteiger partial charge in [0.1, 0.15) is 6.04 Å². The lowest BCUT2D eigenvalue weighted by molar-refractivity contribution is 0.0714. The molecule has 0 fully saturated rings. The Hall–Kier alpha value is -1.28. The minimum atomic E-state index is 0.0238.